The molecule has 0 amide bonds. The first-order valence-electron chi connectivity index (χ1n) is 3.97. The van der Waals surface area contributed by atoms with E-state index in [0.29, 0.717) is 30.3 Å². The Balaban J connectivity index is 2.40. The Kier molecular flexibility index (Phi) is 1.96. The van der Waals surface area contributed by atoms with Crippen LogP contribution in [0.2, 0.25) is 0 Å². The number of hydrogen-bond donors (Lipinski definition) is 0. The number of rotatable bonds is 1. The highest BCUT2D eigenvalue weighted by molar-refractivity contribution is 6.62. The monoisotopic (exact) mass is 174 g/mol. The van der Waals surface area contributed by atoms with Crippen molar-refractivity contribution in [3.8, 4) is 11.5 Å². The summed E-state index contributed by atoms with van der Waals surface area (Å²) in [7, 11) is 5.11. The molecule has 2 radical (unpaired) electrons. The minimum Gasteiger partial charge on any atom is -0.486 e. The summed E-state index contributed by atoms with van der Waals surface area (Å²) in [4.78, 5) is 10.8. The SMILES string of the molecule is [B]C(=O)c1ccc2c(c1)OCCO2. The molecule has 0 fully saturated rings. The van der Waals surface area contributed by atoms with Crippen molar-refractivity contribution in [3.63, 3.8) is 0 Å². The number of benzene rings is 1. The van der Waals surface area contributed by atoms with Gasteiger partial charge in [0.1, 0.15) is 18.9 Å². The lowest BCUT2D eigenvalue weighted by atomic mass is 9.94. The first-order valence-corrected chi connectivity index (χ1v) is 3.97. The fourth-order valence-electron chi connectivity index (χ4n) is 1.20. The van der Waals surface area contributed by atoms with Crippen LogP contribution < -0.4 is 9.47 Å². The maximum Gasteiger partial charge on any atom is 0.175 e. The van der Waals surface area contributed by atoms with E-state index in [-0.39, 0.29) is 0 Å². The van der Waals surface area contributed by atoms with E-state index in [1.165, 1.54) is 0 Å². The molecule has 0 unspecified atom stereocenters. The number of ether oxygens (including phenoxy) is 2. The summed E-state index contributed by atoms with van der Waals surface area (Å²) in [6.07, 6.45) is 0. The lowest BCUT2D eigenvalue weighted by Gasteiger charge is -2.18. The van der Waals surface area contributed by atoms with Crippen LogP contribution in [0.15, 0.2) is 18.2 Å². The van der Waals surface area contributed by atoms with Crippen LogP contribution >= 0.6 is 0 Å². The molecule has 1 aliphatic rings. The Morgan fingerprint density at radius 3 is 2.62 bits per heavy atom. The Morgan fingerprint density at radius 1 is 1.23 bits per heavy atom. The summed E-state index contributed by atoms with van der Waals surface area (Å²) in [5.41, 5.74) is -0.0266. The fraction of sp³-hybridized carbons (Fsp3) is 0.222. The van der Waals surface area contributed by atoms with E-state index in [2.05, 4.69) is 0 Å². The Morgan fingerprint density at radius 2 is 1.92 bits per heavy atom. The zero-order valence-corrected chi connectivity index (χ0v) is 6.95. The van der Waals surface area contributed by atoms with Gasteiger partial charge in [-0.05, 0) is 18.2 Å². The summed E-state index contributed by atoms with van der Waals surface area (Å²) < 4.78 is 10.6. The first kappa shape index (κ1) is 8.17. The zero-order chi connectivity index (χ0) is 9.26. The van der Waals surface area contributed by atoms with Gasteiger partial charge in [0.05, 0.1) is 0 Å². The lowest BCUT2D eigenvalue weighted by Crippen LogP contribution is -2.15. The average Bonchev–Trinajstić information content (AvgIpc) is 2.17. The Bertz CT molecular complexity index is 349. The van der Waals surface area contributed by atoms with Gasteiger partial charge in [0.15, 0.2) is 19.3 Å². The number of carbonyl (C=O) groups is 1. The van der Waals surface area contributed by atoms with Crippen molar-refractivity contribution in [2.45, 2.75) is 0 Å². The first-order chi connectivity index (χ1) is 6.27. The zero-order valence-electron chi connectivity index (χ0n) is 6.95. The molecule has 0 N–H and O–H groups in total. The van der Waals surface area contributed by atoms with Crippen molar-refractivity contribution in [1.82, 2.24) is 0 Å². The van der Waals surface area contributed by atoms with E-state index in [4.69, 9.17) is 17.3 Å². The van der Waals surface area contributed by atoms with E-state index < -0.39 is 5.68 Å². The molecule has 0 bridgehead atoms. The summed E-state index contributed by atoms with van der Waals surface area (Å²) >= 11 is 0. The van der Waals surface area contributed by atoms with Crippen molar-refractivity contribution >= 4 is 13.5 Å². The molecule has 0 saturated carbocycles. The van der Waals surface area contributed by atoms with Gasteiger partial charge in [0, 0.05) is 5.56 Å². The van der Waals surface area contributed by atoms with Crippen LogP contribution in [0.5, 0.6) is 11.5 Å². The van der Waals surface area contributed by atoms with Gasteiger partial charge < -0.3 is 14.3 Å². The van der Waals surface area contributed by atoms with Crippen molar-refractivity contribution in [3.05, 3.63) is 23.8 Å². The van der Waals surface area contributed by atoms with Crippen molar-refractivity contribution in [2.75, 3.05) is 13.2 Å². The molecular weight excluding hydrogens is 167 g/mol. The van der Waals surface area contributed by atoms with E-state index in [1.54, 1.807) is 18.2 Å². The highest BCUT2D eigenvalue weighted by Crippen LogP contribution is 2.30. The van der Waals surface area contributed by atoms with Crippen molar-refractivity contribution in [1.29, 1.82) is 0 Å². The van der Waals surface area contributed by atoms with Gasteiger partial charge in [-0.1, -0.05) is 0 Å². The second-order valence-electron chi connectivity index (χ2n) is 2.72. The van der Waals surface area contributed by atoms with Gasteiger partial charge in [-0.2, -0.15) is 0 Å². The molecule has 3 nitrogen and oxygen atoms in total. The molecule has 4 heteroatoms. The highest BCUT2D eigenvalue weighted by Gasteiger charge is 2.12. The van der Waals surface area contributed by atoms with Gasteiger partial charge >= 0.3 is 0 Å². The summed E-state index contributed by atoms with van der Waals surface area (Å²) in [5.74, 6) is 1.25. The van der Waals surface area contributed by atoms with Gasteiger partial charge in [0.2, 0.25) is 0 Å². The van der Waals surface area contributed by atoms with Gasteiger partial charge in [-0.25, -0.2) is 0 Å². The predicted octanol–water partition coefficient (Wildman–Crippen LogP) is 0.766. The maximum absolute atomic E-state index is 10.8. The summed E-state index contributed by atoms with van der Waals surface area (Å²) in [5, 5.41) is 0. The van der Waals surface area contributed by atoms with E-state index in [0.717, 1.165) is 0 Å². The molecule has 0 atom stereocenters. The van der Waals surface area contributed by atoms with Gasteiger partial charge in [0.25, 0.3) is 0 Å². The Labute approximate surface area is 77.1 Å². The largest absolute Gasteiger partial charge is 0.486 e. The minimum absolute atomic E-state index is 0.434. The smallest absolute Gasteiger partial charge is 0.175 e. The molecule has 0 aromatic heterocycles. The highest BCUT2D eigenvalue weighted by atomic mass is 16.6. The molecular formula is C9H7BO3. The third-order valence-corrected chi connectivity index (χ3v) is 1.83. The van der Waals surface area contributed by atoms with Gasteiger partial charge in [-0.3, -0.25) is 0 Å². The van der Waals surface area contributed by atoms with Crippen molar-refractivity contribution < 1.29 is 14.3 Å². The van der Waals surface area contributed by atoms with E-state index in [1.807, 2.05) is 0 Å². The predicted molar refractivity (Wildman–Crippen MR) is 47.5 cm³/mol. The third-order valence-electron chi connectivity index (χ3n) is 1.83. The molecule has 1 aliphatic heterocycles. The van der Waals surface area contributed by atoms with Crippen molar-refractivity contribution in [2.24, 2.45) is 0 Å². The number of carbonyl (C=O) groups excluding carboxylic acids is 1. The Hall–Kier alpha value is -1.45. The van der Waals surface area contributed by atoms with Crippen LogP contribution in [0, 0.1) is 0 Å². The third kappa shape index (κ3) is 1.52. The molecule has 0 spiro atoms. The average molecular weight is 174 g/mol. The standard InChI is InChI=1S/C9H7BO3/c10-9(11)6-1-2-7-8(5-6)13-4-3-12-7/h1-2,5H,3-4H2. The lowest BCUT2D eigenvalue weighted by molar-refractivity contribution is 0.107. The second kappa shape index (κ2) is 3.13. The molecule has 2 rings (SSSR count). The van der Waals surface area contributed by atoms with Crippen LogP contribution in [0.25, 0.3) is 0 Å². The van der Waals surface area contributed by atoms with Crippen LogP contribution in [0.1, 0.15) is 10.4 Å². The molecule has 1 aromatic rings. The van der Waals surface area contributed by atoms with Crippen LogP contribution in [0.3, 0.4) is 0 Å². The quantitative estimate of drug-likeness (QED) is 0.589. The molecule has 1 aromatic carbocycles. The summed E-state index contributed by atoms with van der Waals surface area (Å²) in [6.45, 7) is 1.05. The normalized spacial score (nSPS) is 13.8. The van der Waals surface area contributed by atoms with Crippen LogP contribution in [-0.2, 0) is 0 Å². The molecule has 0 aliphatic carbocycles. The number of fused-ring (bicyclic) bond motifs is 1. The molecule has 0 saturated heterocycles. The molecule has 1 heterocycles. The molecule has 64 valence electrons. The topological polar surface area (TPSA) is 35.5 Å². The van der Waals surface area contributed by atoms with Crippen LogP contribution in [0.4, 0.5) is 0 Å². The maximum atomic E-state index is 10.8. The summed E-state index contributed by atoms with van der Waals surface area (Å²) in [6, 6.07) is 4.90. The number of hydrogen-bond acceptors (Lipinski definition) is 3. The second-order valence-corrected chi connectivity index (χ2v) is 2.72. The van der Waals surface area contributed by atoms with E-state index >= 15 is 0 Å². The fourth-order valence-corrected chi connectivity index (χ4v) is 1.20. The van der Waals surface area contributed by atoms with Crippen LogP contribution in [-0.4, -0.2) is 26.7 Å². The molecule has 13 heavy (non-hydrogen) atoms. The minimum atomic E-state index is -0.461. The van der Waals surface area contributed by atoms with E-state index in [9.17, 15) is 4.79 Å². The van der Waals surface area contributed by atoms with Gasteiger partial charge in [-0.15, -0.1) is 0 Å².